The first-order chi connectivity index (χ1) is 8.36. The van der Waals surface area contributed by atoms with Crippen molar-refractivity contribution in [1.82, 2.24) is 10.6 Å². The summed E-state index contributed by atoms with van der Waals surface area (Å²) in [5.41, 5.74) is -1.18. The Morgan fingerprint density at radius 2 is 2.00 bits per heavy atom. The summed E-state index contributed by atoms with van der Waals surface area (Å²) in [5.74, 6) is -0.944. The predicted octanol–water partition coefficient (Wildman–Crippen LogP) is 0.718. The third kappa shape index (κ3) is 2.29. The first-order valence-electron chi connectivity index (χ1n) is 6.26. The highest BCUT2D eigenvalue weighted by atomic mass is 16.5. The fourth-order valence-corrected chi connectivity index (χ4v) is 2.39. The molecule has 102 valence electrons. The molecule has 2 rings (SSSR count). The number of amides is 2. The predicted molar refractivity (Wildman–Crippen MR) is 64.3 cm³/mol. The molecule has 2 atom stereocenters. The molecule has 0 aromatic carbocycles. The van der Waals surface area contributed by atoms with Gasteiger partial charge in [-0.15, -0.1) is 0 Å². The van der Waals surface area contributed by atoms with E-state index < -0.39 is 17.4 Å². The van der Waals surface area contributed by atoms with Gasteiger partial charge in [0.2, 0.25) is 0 Å². The monoisotopic (exact) mass is 256 g/mol. The van der Waals surface area contributed by atoms with Crippen molar-refractivity contribution in [3.8, 4) is 0 Å². The number of urea groups is 1. The van der Waals surface area contributed by atoms with E-state index in [-0.39, 0.29) is 24.8 Å². The standard InChI is InChI=1S/C12H20N2O4/c1-11(4-3-5-11)14-10(17)13-8-6-18-7-12(8,2)9(15)16/h8H,3-7H2,1-2H3,(H,15,16)(H2,13,14,17). The van der Waals surface area contributed by atoms with E-state index in [9.17, 15) is 14.7 Å². The summed E-state index contributed by atoms with van der Waals surface area (Å²) < 4.78 is 5.18. The quantitative estimate of drug-likeness (QED) is 0.694. The molecule has 2 fully saturated rings. The van der Waals surface area contributed by atoms with Gasteiger partial charge < -0.3 is 20.5 Å². The highest BCUT2D eigenvalue weighted by Gasteiger charge is 2.47. The normalized spacial score (nSPS) is 33.6. The number of ether oxygens (including phenoxy) is 1. The van der Waals surface area contributed by atoms with Crippen LogP contribution in [-0.2, 0) is 9.53 Å². The van der Waals surface area contributed by atoms with Crippen LogP contribution in [0.1, 0.15) is 33.1 Å². The van der Waals surface area contributed by atoms with Gasteiger partial charge in [-0.2, -0.15) is 0 Å². The summed E-state index contributed by atoms with van der Waals surface area (Å²) in [6.07, 6.45) is 3.06. The second kappa shape index (κ2) is 4.42. The Morgan fingerprint density at radius 1 is 1.33 bits per heavy atom. The number of nitrogens with one attached hydrogen (secondary N) is 2. The number of carbonyl (C=O) groups is 2. The Morgan fingerprint density at radius 3 is 2.50 bits per heavy atom. The number of hydrogen-bond acceptors (Lipinski definition) is 3. The van der Waals surface area contributed by atoms with Gasteiger partial charge in [0.1, 0.15) is 5.41 Å². The van der Waals surface area contributed by atoms with Crippen LogP contribution in [0.3, 0.4) is 0 Å². The van der Waals surface area contributed by atoms with Gasteiger partial charge in [0.25, 0.3) is 0 Å². The second-order valence-corrected chi connectivity index (χ2v) is 5.80. The highest BCUT2D eigenvalue weighted by Crippen LogP contribution is 2.31. The molecule has 6 nitrogen and oxygen atoms in total. The van der Waals surface area contributed by atoms with E-state index in [1.54, 1.807) is 6.92 Å². The van der Waals surface area contributed by atoms with Crippen LogP contribution in [0.2, 0.25) is 0 Å². The molecular formula is C12H20N2O4. The number of aliphatic carboxylic acids is 1. The molecule has 0 bridgehead atoms. The maximum atomic E-state index is 11.8. The van der Waals surface area contributed by atoms with Crippen LogP contribution in [0.15, 0.2) is 0 Å². The van der Waals surface area contributed by atoms with Crippen LogP contribution < -0.4 is 10.6 Å². The molecule has 0 spiro atoms. The van der Waals surface area contributed by atoms with Crippen molar-refractivity contribution >= 4 is 12.0 Å². The first kappa shape index (κ1) is 13.1. The van der Waals surface area contributed by atoms with Gasteiger partial charge in [0.15, 0.2) is 0 Å². The van der Waals surface area contributed by atoms with E-state index >= 15 is 0 Å². The summed E-state index contributed by atoms with van der Waals surface area (Å²) in [7, 11) is 0. The molecule has 1 aliphatic heterocycles. The molecule has 6 heteroatoms. The maximum absolute atomic E-state index is 11.8. The molecule has 0 radical (unpaired) electrons. The van der Waals surface area contributed by atoms with E-state index in [4.69, 9.17) is 4.74 Å². The Kier molecular flexibility index (Phi) is 3.23. The first-order valence-corrected chi connectivity index (χ1v) is 6.26. The fraction of sp³-hybridized carbons (Fsp3) is 0.833. The zero-order chi connectivity index (χ0) is 13.4. The van der Waals surface area contributed by atoms with Crippen molar-refractivity contribution in [2.45, 2.75) is 44.7 Å². The topological polar surface area (TPSA) is 87.7 Å². The van der Waals surface area contributed by atoms with Crippen LogP contribution in [-0.4, -0.2) is 41.9 Å². The van der Waals surface area contributed by atoms with Gasteiger partial charge >= 0.3 is 12.0 Å². The summed E-state index contributed by atoms with van der Waals surface area (Å²) in [4.78, 5) is 23.1. The number of hydrogen-bond donors (Lipinski definition) is 3. The highest BCUT2D eigenvalue weighted by molar-refractivity contribution is 5.79. The summed E-state index contributed by atoms with van der Waals surface area (Å²) in [5, 5.41) is 14.8. The van der Waals surface area contributed by atoms with Gasteiger partial charge in [-0.05, 0) is 33.1 Å². The molecular weight excluding hydrogens is 236 g/mol. The van der Waals surface area contributed by atoms with Gasteiger partial charge in [0.05, 0.1) is 19.3 Å². The molecule has 0 aromatic rings. The molecule has 1 saturated heterocycles. The minimum atomic E-state index is -1.04. The summed E-state index contributed by atoms with van der Waals surface area (Å²) in [6.45, 7) is 3.97. The third-order valence-corrected chi connectivity index (χ3v) is 4.12. The lowest BCUT2D eigenvalue weighted by Gasteiger charge is -2.39. The molecule has 1 aliphatic carbocycles. The average Bonchev–Trinajstić information content (AvgIpc) is 2.59. The fourth-order valence-electron chi connectivity index (χ4n) is 2.39. The number of carbonyl (C=O) groups excluding carboxylic acids is 1. The van der Waals surface area contributed by atoms with Crippen molar-refractivity contribution in [3.05, 3.63) is 0 Å². The lowest BCUT2D eigenvalue weighted by molar-refractivity contribution is -0.148. The molecule has 1 heterocycles. The number of carboxylic acids is 1. The zero-order valence-corrected chi connectivity index (χ0v) is 10.8. The van der Waals surface area contributed by atoms with Crippen molar-refractivity contribution in [2.24, 2.45) is 5.41 Å². The smallest absolute Gasteiger partial charge is 0.315 e. The number of carboxylic acid groups (broad SMARTS) is 1. The molecule has 1 saturated carbocycles. The lowest BCUT2D eigenvalue weighted by atomic mass is 9.78. The van der Waals surface area contributed by atoms with Crippen LogP contribution in [0.25, 0.3) is 0 Å². The van der Waals surface area contributed by atoms with Crippen LogP contribution in [0, 0.1) is 5.41 Å². The largest absolute Gasteiger partial charge is 0.481 e. The van der Waals surface area contributed by atoms with E-state index in [1.807, 2.05) is 6.92 Å². The average molecular weight is 256 g/mol. The van der Waals surface area contributed by atoms with Gasteiger partial charge in [-0.25, -0.2) is 4.79 Å². The van der Waals surface area contributed by atoms with Crippen molar-refractivity contribution < 1.29 is 19.4 Å². The van der Waals surface area contributed by atoms with Crippen molar-refractivity contribution in [2.75, 3.05) is 13.2 Å². The Hall–Kier alpha value is -1.30. The van der Waals surface area contributed by atoms with Gasteiger partial charge in [-0.3, -0.25) is 4.79 Å². The van der Waals surface area contributed by atoms with E-state index in [2.05, 4.69) is 10.6 Å². The Balaban J connectivity index is 1.92. The van der Waals surface area contributed by atoms with Crippen LogP contribution in [0.4, 0.5) is 4.79 Å². The molecule has 2 amide bonds. The van der Waals surface area contributed by atoms with Crippen LogP contribution >= 0.6 is 0 Å². The summed E-state index contributed by atoms with van der Waals surface area (Å²) in [6, 6.07) is -0.793. The molecule has 3 N–H and O–H groups in total. The molecule has 0 aromatic heterocycles. The molecule has 2 unspecified atom stereocenters. The van der Waals surface area contributed by atoms with Crippen molar-refractivity contribution in [1.29, 1.82) is 0 Å². The Labute approximate surface area is 106 Å². The minimum absolute atomic E-state index is 0.130. The van der Waals surface area contributed by atoms with E-state index in [0.717, 1.165) is 19.3 Å². The van der Waals surface area contributed by atoms with E-state index in [1.165, 1.54) is 0 Å². The Bertz CT molecular complexity index is 367. The van der Waals surface area contributed by atoms with Crippen molar-refractivity contribution in [3.63, 3.8) is 0 Å². The zero-order valence-electron chi connectivity index (χ0n) is 10.8. The van der Waals surface area contributed by atoms with Gasteiger partial charge in [-0.1, -0.05) is 0 Å². The van der Waals surface area contributed by atoms with Gasteiger partial charge in [0, 0.05) is 5.54 Å². The summed E-state index contributed by atoms with van der Waals surface area (Å²) >= 11 is 0. The minimum Gasteiger partial charge on any atom is -0.481 e. The molecule has 18 heavy (non-hydrogen) atoms. The lowest BCUT2D eigenvalue weighted by Crippen LogP contribution is -2.58. The number of rotatable bonds is 3. The van der Waals surface area contributed by atoms with Crippen LogP contribution in [0.5, 0.6) is 0 Å². The second-order valence-electron chi connectivity index (χ2n) is 5.80. The van der Waals surface area contributed by atoms with E-state index in [0.29, 0.717) is 0 Å². The molecule has 2 aliphatic rings. The third-order valence-electron chi connectivity index (χ3n) is 4.12. The maximum Gasteiger partial charge on any atom is 0.315 e. The SMILES string of the molecule is CC1(NC(=O)NC2COCC2(C)C(=O)O)CCC1.